The number of hydrogen-bond donors (Lipinski definition) is 3. The van der Waals surface area contributed by atoms with E-state index >= 15 is 0 Å². The quantitative estimate of drug-likeness (QED) is 0.402. The maximum Gasteiger partial charge on any atom is 0.340 e. The first-order chi connectivity index (χ1) is 11.7. The van der Waals surface area contributed by atoms with Gasteiger partial charge in [0.05, 0.1) is 17.8 Å². The lowest BCUT2D eigenvalue weighted by atomic mass is 10.1. The van der Waals surface area contributed by atoms with Gasteiger partial charge in [0.2, 0.25) is 5.91 Å². The Morgan fingerprint density at radius 2 is 1.92 bits per heavy atom. The summed E-state index contributed by atoms with van der Waals surface area (Å²) in [6.07, 6.45) is 0. The number of esters is 1. The first-order valence-electron chi connectivity index (χ1n) is 7.33. The van der Waals surface area contributed by atoms with Crippen LogP contribution in [0.1, 0.15) is 10.4 Å². The molecule has 10 nitrogen and oxygen atoms in total. The average Bonchev–Trinajstić information content (AvgIpc) is 2.58. The molecule has 0 fully saturated rings. The van der Waals surface area contributed by atoms with Gasteiger partial charge in [-0.2, -0.15) is 5.23 Å². The summed E-state index contributed by atoms with van der Waals surface area (Å²) in [5.41, 5.74) is 0.424. The Morgan fingerprint density at radius 1 is 1.28 bits per heavy atom. The van der Waals surface area contributed by atoms with Crippen LogP contribution in [0.25, 0.3) is 0 Å². The Hall–Kier alpha value is -2.69. The van der Waals surface area contributed by atoms with Crippen LogP contribution in [-0.2, 0) is 14.3 Å². The molecule has 1 unspecified atom stereocenters. The molecule has 138 valence electrons. The fourth-order valence-electron chi connectivity index (χ4n) is 1.92. The van der Waals surface area contributed by atoms with Crippen molar-refractivity contribution < 1.29 is 29.6 Å². The van der Waals surface area contributed by atoms with Gasteiger partial charge in [0.15, 0.2) is 12.3 Å². The average molecular weight is 354 g/mol. The second kappa shape index (κ2) is 8.97. The Morgan fingerprint density at radius 3 is 2.44 bits per heavy atom. The summed E-state index contributed by atoms with van der Waals surface area (Å²) in [5, 5.41) is 21.3. The van der Waals surface area contributed by atoms with Crippen molar-refractivity contribution in [1.29, 1.82) is 0 Å². The summed E-state index contributed by atoms with van der Waals surface area (Å²) in [6.45, 7) is -0.721. The number of carbonyl (C=O) groups excluding carboxylic acids is 3. The summed E-state index contributed by atoms with van der Waals surface area (Å²) in [7, 11) is 6.23. The first-order valence-corrected chi connectivity index (χ1v) is 7.33. The van der Waals surface area contributed by atoms with E-state index in [1.54, 1.807) is 19.0 Å². The Bertz CT molecular complexity index is 647. The van der Waals surface area contributed by atoms with Crippen molar-refractivity contribution in [2.45, 2.75) is 0 Å². The highest BCUT2D eigenvalue weighted by Gasteiger charge is 2.20. The van der Waals surface area contributed by atoms with E-state index in [0.29, 0.717) is 5.69 Å². The van der Waals surface area contributed by atoms with E-state index in [1.807, 2.05) is 0 Å². The minimum atomic E-state index is -1.18. The highest BCUT2D eigenvalue weighted by molar-refractivity contribution is 5.97. The molecule has 0 saturated carbocycles. The van der Waals surface area contributed by atoms with Crippen LogP contribution in [0, 0.1) is 5.21 Å². The summed E-state index contributed by atoms with van der Waals surface area (Å²) in [5.74, 6) is -1.74. The fourth-order valence-corrected chi connectivity index (χ4v) is 1.92. The molecule has 0 aliphatic heterocycles. The number of quaternary nitrogens is 1. The predicted octanol–water partition coefficient (Wildman–Crippen LogP) is -1.48. The summed E-state index contributed by atoms with van der Waals surface area (Å²) >= 11 is 0. The van der Waals surface area contributed by atoms with E-state index in [0.717, 1.165) is 4.90 Å². The van der Waals surface area contributed by atoms with Gasteiger partial charge in [0, 0.05) is 40.3 Å². The van der Waals surface area contributed by atoms with E-state index < -0.39 is 23.7 Å². The fraction of sp³-hybridized carbons (Fsp3) is 0.400. The monoisotopic (exact) mass is 354 g/mol. The van der Waals surface area contributed by atoms with E-state index in [1.165, 1.54) is 32.3 Å². The number of hydrogen-bond acceptors (Lipinski definition) is 7. The Kier molecular flexibility index (Phi) is 7.30. The second-order valence-electron chi connectivity index (χ2n) is 5.43. The molecule has 0 aliphatic rings. The third kappa shape index (κ3) is 5.71. The molecule has 1 rings (SSSR count). The van der Waals surface area contributed by atoms with Gasteiger partial charge < -0.3 is 25.1 Å². The van der Waals surface area contributed by atoms with Gasteiger partial charge in [-0.25, -0.2) is 10.0 Å². The largest absolute Gasteiger partial charge is 0.595 e. The van der Waals surface area contributed by atoms with Crippen LogP contribution in [0.2, 0.25) is 0 Å². The van der Waals surface area contributed by atoms with Crippen molar-refractivity contribution in [2.75, 3.05) is 46.2 Å². The number of amides is 2. The molecule has 2 amide bonds. The van der Waals surface area contributed by atoms with Crippen LogP contribution in [0.3, 0.4) is 0 Å². The lowest BCUT2D eigenvalue weighted by Gasteiger charge is -2.20. The maximum absolute atomic E-state index is 12.3. The number of rotatable bonds is 7. The minimum absolute atomic E-state index is 0.0339. The molecule has 0 heterocycles. The first kappa shape index (κ1) is 20.4. The highest BCUT2D eigenvalue weighted by atomic mass is 16.8. The highest BCUT2D eigenvalue weighted by Crippen LogP contribution is 2.22. The van der Waals surface area contributed by atoms with E-state index in [2.05, 4.69) is 5.32 Å². The van der Waals surface area contributed by atoms with Crippen molar-refractivity contribution in [3.8, 4) is 0 Å². The third-order valence-corrected chi connectivity index (χ3v) is 3.36. The number of benzene rings is 1. The zero-order valence-corrected chi connectivity index (χ0v) is 14.5. The van der Waals surface area contributed by atoms with Gasteiger partial charge in [0.25, 0.3) is 5.91 Å². The van der Waals surface area contributed by atoms with Gasteiger partial charge in [0.1, 0.15) is 0 Å². The van der Waals surface area contributed by atoms with Crippen molar-refractivity contribution in [3.63, 3.8) is 0 Å². The van der Waals surface area contributed by atoms with Crippen LogP contribution >= 0.6 is 0 Å². The molecule has 10 heteroatoms. The smallest absolute Gasteiger partial charge is 0.340 e. The SMILES string of the molecule is CNC(=O)CN(C)C(=O)COC(=O)c1cc([NH+]([O-])O)ccc1N(C)C. The number of likely N-dealkylation sites (N-methyl/N-ethyl adjacent to an activating group) is 2. The van der Waals surface area contributed by atoms with Gasteiger partial charge in [-0.15, -0.1) is 0 Å². The van der Waals surface area contributed by atoms with E-state index in [-0.39, 0.29) is 23.7 Å². The molecule has 0 radical (unpaired) electrons. The summed E-state index contributed by atoms with van der Waals surface area (Å²) in [6, 6.07) is 4.05. The van der Waals surface area contributed by atoms with Crippen LogP contribution < -0.4 is 15.4 Å². The summed E-state index contributed by atoms with van der Waals surface area (Å²) < 4.78 is 4.97. The van der Waals surface area contributed by atoms with Gasteiger partial charge in [-0.05, 0) is 6.07 Å². The third-order valence-electron chi connectivity index (χ3n) is 3.36. The van der Waals surface area contributed by atoms with E-state index in [9.17, 15) is 19.6 Å². The summed E-state index contributed by atoms with van der Waals surface area (Å²) in [4.78, 5) is 38.1. The number of ether oxygens (including phenoxy) is 1. The molecule has 0 aromatic heterocycles. The maximum atomic E-state index is 12.3. The van der Waals surface area contributed by atoms with Crippen molar-refractivity contribution in [1.82, 2.24) is 10.2 Å². The van der Waals surface area contributed by atoms with Crippen LogP contribution in [0.15, 0.2) is 18.2 Å². The van der Waals surface area contributed by atoms with Crippen LogP contribution in [-0.4, -0.2) is 69.2 Å². The minimum Gasteiger partial charge on any atom is -0.595 e. The van der Waals surface area contributed by atoms with E-state index in [4.69, 9.17) is 9.94 Å². The van der Waals surface area contributed by atoms with Crippen molar-refractivity contribution in [3.05, 3.63) is 29.0 Å². The molecule has 0 bridgehead atoms. The molecule has 1 atom stereocenters. The van der Waals surface area contributed by atoms with Crippen molar-refractivity contribution >= 4 is 29.2 Å². The zero-order valence-electron chi connectivity index (χ0n) is 14.5. The predicted molar refractivity (Wildman–Crippen MR) is 88.5 cm³/mol. The molecule has 25 heavy (non-hydrogen) atoms. The van der Waals surface area contributed by atoms with Gasteiger partial charge in [-0.1, -0.05) is 0 Å². The Labute approximate surface area is 145 Å². The van der Waals surface area contributed by atoms with Crippen LogP contribution in [0.5, 0.6) is 0 Å². The lowest BCUT2D eigenvalue weighted by Crippen LogP contribution is -2.99. The molecule has 1 aromatic rings. The normalized spacial score (nSPS) is 11.4. The molecular weight excluding hydrogens is 332 g/mol. The number of nitrogens with zero attached hydrogens (tertiary/aromatic N) is 2. The molecule has 1 aromatic carbocycles. The zero-order chi connectivity index (χ0) is 19.1. The molecule has 3 N–H and O–H groups in total. The second-order valence-corrected chi connectivity index (χ2v) is 5.43. The molecular formula is C15H22N4O6. The Balaban J connectivity index is 2.84. The lowest BCUT2D eigenvalue weighted by molar-refractivity contribution is -0.991. The molecule has 0 saturated heterocycles. The standard InChI is InChI=1S/C15H22N4O6/c1-16-13(20)8-18(4)14(21)9-25-15(22)11-7-10(19(23)24)5-6-12(11)17(2)3/h5-7,19,23H,8-9H2,1-4H3,(H,16,20). The number of carbonyl (C=O) groups is 3. The van der Waals surface area contributed by atoms with Gasteiger partial charge >= 0.3 is 5.97 Å². The topological polar surface area (TPSA) is 127 Å². The van der Waals surface area contributed by atoms with Gasteiger partial charge in [-0.3, -0.25) is 9.59 Å². The van der Waals surface area contributed by atoms with Crippen LogP contribution in [0.4, 0.5) is 11.4 Å². The number of anilines is 1. The number of nitrogens with one attached hydrogen (secondary N) is 2. The molecule has 0 aliphatic carbocycles. The molecule has 0 spiro atoms. The van der Waals surface area contributed by atoms with Crippen molar-refractivity contribution in [2.24, 2.45) is 0 Å².